The summed E-state index contributed by atoms with van der Waals surface area (Å²) in [4.78, 5) is 8.62. The summed E-state index contributed by atoms with van der Waals surface area (Å²) in [6.07, 6.45) is 5.05. The quantitative estimate of drug-likeness (QED) is 0.455. The second kappa shape index (κ2) is 10.8. The molecule has 0 spiro atoms. The van der Waals surface area contributed by atoms with E-state index in [4.69, 9.17) is 14.2 Å². The van der Waals surface area contributed by atoms with Gasteiger partial charge >= 0.3 is 0 Å². The minimum Gasteiger partial charge on any atom is -0.494 e. The number of aryl methyl sites for hydroxylation is 1. The Morgan fingerprint density at radius 3 is 2.36 bits per heavy atom. The van der Waals surface area contributed by atoms with Gasteiger partial charge in [0.15, 0.2) is 0 Å². The number of rotatable bonds is 9. The lowest BCUT2D eigenvalue weighted by Gasteiger charge is -2.24. The lowest BCUT2D eigenvalue weighted by Crippen LogP contribution is -2.31. The van der Waals surface area contributed by atoms with Crippen LogP contribution >= 0.6 is 0 Å². The lowest BCUT2D eigenvalue weighted by molar-refractivity contribution is 0.0775. The molecule has 36 heavy (non-hydrogen) atoms. The third kappa shape index (κ3) is 5.14. The van der Waals surface area contributed by atoms with E-state index in [-0.39, 0.29) is 11.9 Å². The number of para-hydroxylation sites is 1. The molecule has 3 heterocycles. The van der Waals surface area contributed by atoms with Gasteiger partial charge in [-0.2, -0.15) is 0 Å². The maximum absolute atomic E-state index is 13.5. The second-order valence-electron chi connectivity index (χ2n) is 8.90. The first-order valence-corrected chi connectivity index (χ1v) is 13.4. The number of anilines is 1. The number of aromatic nitrogens is 5. The van der Waals surface area contributed by atoms with Crippen molar-refractivity contribution in [2.45, 2.75) is 50.7 Å². The van der Waals surface area contributed by atoms with Gasteiger partial charge in [-0.25, -0.2) is 18.4 Å². The van der Waals surface area contributed by atoms with Gasteiger partial charge in [0, 0.05) is 30.8 Å². The van der Waals surface area contributed by atoms with Crippen LogP contribution in [0.1, 0.15) is 55.7 Å². The Hall–Kier alpha value is -3.25. The summed E-state index contributed by atoms with van der Waals surface area (Å²) in [5, 5.41) is 7.79. The van der Waals surface area contributed by atoms with Crippen LogP contribution in [0.25, 0.3) is 5.69 Å². The fraction of sp³-hybridized carbons (Fsp3) is 0.500. The molecule has 0 aliphatic carbocycles. The highest BCUT2D eigenvalue weighted by atomic mass is 32.2. The molecule has 12 heteroatoms. The summed E-state index contributed by atoms with van der Waals surface area (Å²) in [5.74, 6) is 1.50. The fourth-order valence-electron chi connectivity index (χ4n) is 4.18. The summed E-state index contributed by atoms with van der Waals surface area (Å²) in [6.45, 7) is 6.42. The van der Waals surface area contributed by atoms with Gasteiger partial charge in [-0.05, 0) is 44.4 Å². The Bertz CT molecular complexity index is 1270. The average molecular weight is 517 g/mol. The zero-order valence-electron chi connectivity index (χ0n) is 21.1. The van der Waals surface area contributed by atoms with Crippen LogP contribution in [0, 0.1) is 6.92 Å². The van der Waals surface area contributed by atoms with Gasteiger partial charge in [0.2, 0.25) is 16.0 Å². The van der Waals surface area contributed by atoms with E-state index in [0.717, 1.165) is 18.4 Å². The van der Waals surface area contributed by atoms with Crippen molar-refractivity contribution in [3.05, 3.63) is 47.8 Å². The van der Waals surface area contributed by atoms with E-state index in [2.05, 4.69) is 24.9 Å². The molecular weight excluding hydrogens is 484 g/mol. The molecule has 3 atom stereocenters. The van der Waals surface area contributed by atoms with Crippen molar-refractivity contribution in [3.63, 3.8) is 0 Å². The van der Waals surface area contributed by atoms with E-state index in [0.29, 0.717) is 42.0 Å². The number of hydrogen-bond donors (Lipinski definition) is 1. The van der Waals surface area contributed by atoms with E-state index in [1.54, 1.807) is 63.2 Å². The number of nitrogens with one attached hydrogen (secondary N) is 1. The van der Waals surface area contributed by atoms with Gasteiger partial charge in [-0.3, -0.25) is 9.29 Å². The molecular formula is C24H32N6O5S. The monoisotopic (exact) mass is 516 g/mol. The lowest BCUT2D eigenvalue weighted by atomic mass is 10.0. The number of methoxy groups -OCH3 is 2. The fourth-order valence-corrected chi connectivity index (χ4v) is 5.41. The van der Waals surface area contributed by atoms with Crippen molar-refractivity contribution in [2.24, 2.45) is 0 Å². The first kappa shape index (κ1) is 25.8. The van der Waals surface area contributed by atoms with Gasteiger partial charge in [-0.1, -0.05) is 13.0 Å². The number of benzene rings is 1. The van der Waals surface area contributed by atoms with Crippen molar-refractivity contribution in [1.82, 2.24) is 24.7 Å². The molecule has 0 radical (unpaired) electrons. The van der Waals surface area contributed by atoms with Gasteiger partial charge in [-0.15, -0.1) is 10.2 Å². The highest BCUT2D eigenvalue weighted by Crippen LogP contribution is 2.38. The van der Waals surface area contributed by atoms with Crippen LogP contribution in [-0.4, -0.2) is 65.8 Å². The summed E-state index contributed by atoms with van der Waals surface area (Å²) < 4.78 is 48.3. The van der Waals surface area contributed by atoms with E-state index in [1.807, 2.05) is 6.92 Å². The Morgan fingerprint density at radius 1 is 1.11 bits per heavy atom. The van der Waals surface area contributed by atoms with E-state index in [1.165, 1.54) is 0 Å². The molecule has 1 N–H and O–H groups in total. The molecule has 3 aromatic rings. The van der Waals surface area contributed by atoms with Gasteiger partial charge in [0.25, 0.3) is 0 Å². The number of sulfonamides is 1. The summed E-state index contributed by atoms with van der Waals surface area (Å²) in [6, 6.07) is 5.34. The van der Waals surface area contributed by atoms with E-state index >= 15 is 0 Å². The number of nitrogens with zero attached hydrogens (tertiary/aromatic N) is 5. The first-order chi connectivity index (χ1) is 17.3. The van der Waals surface area contributed by atoms with Crippen LogP contribution in [0.3, 0.4) is 0 Å². The first-order valence-electron chi connectivity index (χ1n) is 11.8. The van der Waals surface area contributed by atoms with Crippen LogP contribution in [0.2, 0.25) is 0 Å². The highest BCUT2D eigenvalue weighted by molar-refractivity contribution is 7.93. The molecule has 1 fully saturated rings. The molecule has 4 rings (SSSR count). The molecule has 2 aromatic heterocycles. The largest absolute Gasteiger partial charge is 0.494 e. The van der Waals surface area contributed by atoms with Crippen molar-refractivity contribution in [1.29, 1.82) is 0 Å². The maximum atomic E-state index is 13.5. The summed E-state index contributed by atoms with van der Waals surface area (Å²) in [5.41, 5.74) is 1.41. The Labute approximate surface area is 211 Å². The minimum absolute atomic E-state index is 0.0437. The smallest absolute Gasteiger partial charge is 0.243 e. The predicted octanol–water partition coefficient (Wildman–Crippen LogP) is 3.21. The molecule has 1 saturated heterocycles. The zero-order valence-corrected chi connectivity index (χ0v) is 21.9. The standard InChI is InChI=1S/C24H32N6O5S/c1-15-12-25-22(26-13-15)16(2)17(3)36(31,32)29-24-28-27-23(18-8-7-11-35-14-18)30(24)21-19(33-4)9-6-10-20(21)34-5/h6,9-10,12-13,16-18H,7-8,11,14H2,1-5H3,(H,28,29)/t16?,17?,18-/m0/s1. The third-order valence-corrected chi connectivity index (χ3v) is 8.33. The molecule has 1 aromatic carbocycles. The summed E-state index contributed by atoms with van der Waals surface area (Å²) >= 11 is 0. The maximum Gasteiger partial charge on any atom is 0.243 e. The number of hydrogen-bond acceptors (Lipinski definition) is 9. The van der Waals surface area contributed by atoms with E-state index in [9.17, 15) is 8.42 Å². The highest BCUT2D eigenvalue weighted by Gasteiger charge is 2.33. The third-order valence-electron chi connectivity index (χ3n) is 6.47. The molecule has 0 amide bonds. The topological polar surface area (TPSA) is 130 Å². The second-order valence-corrected chi connectivity index (χ2v) is 10.9. The Balaban J connectivity index is 1.77. The van der Waals surface area contributed by atoms with Crippen LogP contribution in [0.15, 0.2) is 30.6 Å². The molecule has 1 aliphatic heterocycles. The molecule has 1 aliphatic rings. The van der Waals surface area contributed by atoms with Gasteiger partial charge in [0.05, 0.1) is 26.1 Å². The molecule has 0 saturated carbocycles. The van der Waals surface area contributed by atoms with Gasteiger partial charge in [0.1, 0.15) is 28.8 Å². The number of ether oxygens (including phenoxy) is 3. The molecule has 194 valence electrons. The van der Waals surface area contributed by atoms with Crippen molar-refractivity contribution in [2.75, 3.05) is 32.2 Å². The van der Waals surface area contributed by atoms with E-state index < -0.39 is 21.2 Å². The molecule has 0 bridgehead atoms. The van der Waals surface area contributed by atoms with Gasteiger partial charge < -0.3 is 14.2 Å². The Kier molecular flexibility index (Phi) is 7.74. The van der Waals surface area contributed by atoms with Crippen molar-refractivity contribution >= 4 is 16.0 Å². The molecule has 11 nitrogen and oxygen atoms in total. The van der Waals surface area contributed by atoms with Crippen LogP contribution in [-0.2, 0) is 14.8 Å². The van der Waals surface area contributed by atoms with Crippen molar-refractivity contribution < 1.29 is 22.6 Å². The predicted molar refractivity (Wildman–Crippen MR) is 134 cm³/mol. The van der Waals surface area contributed by atoms with Crippen molar-refractivity contribution in [3.8, 4) is 17.2 Å². The molecule has 2 unspecified atom stereocenters. The Morgan fingerprint density at radius 2 is 1.78 bits per heavy atom. The van der Waals surface area contributed by atoms with Crippen LogP contribution in [0.4, 0.5) is 5.95 Å². The summed E-state index contributed by atoms with van der Waals surface area (Å²) in [7, 11) is -0.838. The zero-order chi connectivity index (χ0) is 25.9. The minimum atomic E-state index is -3.92. The van der Waals surface area contributed by atoms with Crippen LogP contribution < -0.4 is 14.2 Å². The SMILES string of the molecule is COc1cccc(OC)c1-n1c(NS(=O)(=O)C(C)C(C)c2ncc(C)cn2)nnc1[C@H]1CCCOC1. The normalized spacial score (nSPS) is 17.9. The average Bonchev–Trinajstić information content (AvgIpc) is 3.30. The van der Waals surface area contributed by atoms with Crippen LogP contribution in [0.5, 0.6) is 11.5 Å².